The van der Waals surface area contributed by atoms with Gasteiger partial charge in [-0.1, -0.05) is 44.2 Å². The van der Waals surface area contributed by atoms with E-state index in [4.69, 9.17) is 4.74 Å². The highest BCUT2D eigenvalue weighted by molar-refractivity contribution is 7.98. The van der Waals surface area contributed by atoms with Gasteiger partial charge in [0, 0.05) is 23.7 Å². The van der Waals surface area contributed by atoms with E-state index in [1.165, 1.54) is 10.5 Å². The Bertz CT molecular complexity index is 630. The van der Waals surface area contributed by atoms with Crippen LogP contribution in [-0.2, 0) is 5.75 Å². The second kappa shape index (κ2) is 10.8. The van der Waals surface area contributed by atoms with E-state index >= 15 is 0 Å². The van der Waals surface area contributed by atoms with Gasteiger partial charge < -0.3 is 15.4 Å². The number of benzene rings is 2. The molecule has 2 N–H and O–H groups in total. The minimum absolute atomic E-state index is 0.419. The molecule has 2 rings (SSSR count). The first-order valence-corrected chi connectivity index (χ1v) is 9.55. The number of carbonyl (C=O) groups is 1. The second-order valence-corrected chi connectivity index (χ2v) is 7.21. The van der Waals surface area contributed by atoms with E-state index in [1.54, 1.807) is 11.8 Å². The zero-order valence-corrected chi connectivity index (χ0v) is 15.6. The van der Waals surface area contributed by atoms with Crippen LogP contribution in [0.3, 0.4) is 0 Å². The van der Waals surface area contributed by atoms with Gasteiger partial charge in [-0.2, -0.15) is 0 Å². The molecule has 2 aromatic carbocycles. The highest BCUT2D eigenvalue weighted by Gasteiger charge is 2.04. The summed E-state index contributed by atoms with van der Waals surface area (Å²) in [5, 5.41) is 6.00. The molecule has 25 heavy (non-hydrogen) atoms. The van der Waals surface area contributed by atoms with Crippen molar-refractivity contribution < 1.29 is 9.53 Å². The minimum Gasteiger partial charge on any atom is -0.410 e. The third-order valence-electron chi connectivity index (χ3n) is 3.41. The Hall–Kier alpha value is -1.98. The number of amides is 1. The van der Waals surface area contributed by atoms with E-state index in [0.29, 0.717) is 18.2 Å². The summed E-state index contributed by atoms with van der Waals surface area (Å²) >= 11 is 1.78. The smallest absolute Gasteiger partial charge is 0.410 e. The van der Waals surface area contributed by atoms with Crippen molar-refractivity contribution in [2.75, 3.05) is 19.6 Å². The summed E-state index contributed by atoms with van der Waals surface area (Å²) in [7, 11) is 0. The minimum atomic E-state index is -0.419. The molecule has 0 aliphatic rings. The molecule has 0 fully saturated rings. The molecule has 5 heteroatoms. The Labute approximate surface area is 154 Å². The number of hydrogen-bond donors (Lipinski definition) is 2. The molecule has 1 amide bonds. The van der Waals surface area contributed by atoms with Crippen molar-refractivity contribution in [3.05, 3.63) is 60.2 Å². The molecular weight excluding hydrogens is 332 g/mol. The zero-order chi connectivity index (χ0) is 17.9. The van der Waals surface area contributed by atoms with Crippen molar-refractivity contribution in [1.29, 1.82) is 0 Å². The number of hydrogen-bond acceptors (Lipinski definition) is 4. The number of thioether (sulfide) groups is 1. The van der Waals surface area contributed by atoms with E-state index in [-0.39, 0.29) is 0 Å². The van der Waals surface area contributed by atoms with Gasteiger partial charge in [-0.05, 0) is 42.3 Å². The Morgan fingerprint density at radius 3 is 2.44 bits per heavy atom. The van der Waals surface area contributed by atoms with Gasteiger partial charge in [-0.25, -0.2) is 4.79 Å². The van der Waals surface area contributed by atoms with Crippen LogP contribution >= 0.6 is 11.8 Å². The van der Waals surface area contributed by atoms with Gasteiger partial charge in [0.2, 0.25) is 0 Å². The summed E-state index contributed by atoms with van der Waals surface area (Å²) < 4.78 is 5.28. The summed E-state index contributed by atoms with van der Waals surface area (Å²) in [6.07, 6.45) is -0.419. The molecule has 0 aliphatic carbocycles. The van der Waals surface area contributed by atoms with Crippen molar-refractivity contribution in [2.45, 2.75) is 24.5 Å². The Kier molecular flexibility index (Phi) is 8.35. The Morgan fingerprint density at radius 1 is 1.04 bits per heavy atom. The molecule has 0 unspecified atom stereocenters. The molecule has 0 atom stereocenters. The third kappa shape index (κ3) is 8.09. The van der Waals surface area contributed by atoms with Crippen molar-refractivity contribution in [3.8, 4) is 5.75 Å². The molecule has 134 valence electrons. The maximum Gasteiger partial charge on any atom is 0.412 e. The topological polar surface area (TPSA) is 50.4 Å². The normalized spacial score (nSPS) is 10.7. The van der Waals surface area contributed by atoms with E-state index in [9.17, 15) is 4.79 Å². The molecule has 0 aromatic heterocycles. The molecule has 0 saturated heterocycles. The van der Waals surface area contributed by atoms with Crippen LogP contribution in [-0.4, -0.2) is 25.7 Å². The number of rotatable bonds is 9. The van der Waals surface area contributed by atoms with Crippen LogP contribution < -0.4 is 15.4 Å². The number of nitrogens with one attached hydrogen (secondary N) is 2. The summed E-state index contributed by atoms with van der Waals surface area (Å²) in [6, 6.07) is 17.9. The molecule has 0 heterocycles. The van der Waals surface area contributed by atoms with Crippen LogP contribution in [0.15, 0.2) is 59.5 Å². The lowest BCUT2D eigenvalue weighted by Crippen LogP contribution is -2.34. The number of ether oxygens (including phenoxy) is 1. The molecule has 0 spiro atoms. The van der Waals surface area contributed by atoms with E-state index in [2.05, 4.69) is 36.6 Å². The zero-order valence-electron chi connectivity index (χ0n) is 14.8. The van der Waals surface area contributed by atoms with Gasteiger partial charge in [0.15, 0.2) is 0 Å². The van der Waals surface area contributed by atoms with Crippen molar-refractivity contribution >= 4 is 17.9 Å². The maximum atomic E-state index is 11.7. The second-order valence-electron chi connectivity index (χ2n) is 6.16. The standard InChI is InChI=1S/C20H26N2O2S/c1-16(2)14-21-12-13-22-20(23)24-18-10-8-17(9-11-18)15-25-19-6-4-3-5-7-19/h3-11,16,21H,12-15H2,1-2H3,(H,22,23). The highest BCUT2D eigenvalue weighted by atomic mass is 32.2. The maximum absolute atomic E-state index is 11.7. The molecule has 2 aromatic rings. The van der Waals surface area contributed by atoms with Crippen LogP contribution in [0.2, 0.25) is 0 Å². The van der Waals surface area contributed by atoms with Gasteiger partial charge in [0.1, 0.15) is 5.75 Å². The van der Waals surface area contributed by atoms with E-state index in [0.717, 1.165) is 18.8 Å². The first-order valence-electron chi connectivity index (χ1n) is 8.56. The molecule has 0 aliphatic heterocycles. The highest BCUT2D eigenvalue weighted by Crippen LogP contribution is 2.23. The Morgan fingerprint density at radius 2 is 1.76 bits per heavy atom. The van der Waals surface area contributed by atoms with Crippen LogP contribution in [0, 0.1) is 5.92 Å². The van der Waals surface area contributed by atoms with Crippen molar-refractivity contribution in [1.82, 2.24) is 10.6 Å². The predicted molar refractivity (Wildman–Crippen MR) is 104 cm³/mol. The summed E-state index contributed by atoms with van der Waals surface area (Å²) in [5.41, 5.74) is 1.19. The monoisotopic (exact) mass is 358 g/mol. The fourth-order valence-electron chi connectivity index (χ4n) is 2.12. The molecule has 4 nitrogen and oxygen atoms in total. The summed E-state index contributed by atoms with van der Waals surface area (Å²) in [5.74, 6) is 2.05. The summed E-state index contributed by atoms with van der Waals surface area (Å²) in [4.78, 5) is 13.0. The van der Waals surface area contributed by atoms with E-state index < -0.39 is 6.09 Å². The molecular formula is C20H26N2O2S. The average molecular weight is 359 g/mol. The predicted octanol–water partition coefficient (Wildman–Crippen LogP) is 4.31. The SMILES string of the molecule is CC(C)CNCCNC(=O)Oc1ccc(CSc2ccccc2)cc1. The van der Waals surface area contributed by atoms with E-state index in [1.807, 2.05) is 42.5 Å². The first kappa shape index (κ1) is 19.3. The lowest BCUT2D eigenvalue weighted by atomic mass is 10.2. The van der Waals surface area contributed by atoms with Crippen LogP contribution in [0.5, 0.6) is 5.75 Å². The average Bonchev–Trinajstić information content (AvgIpc) is 2.61. The van der Waals surface area contributed by atoms with Crippen molar-refractivity contribution in [2.24, 2.45) is 5.92 Å². The fraction of sp³-hybridized carbons (Fsp3) is 0.350. The molecule has 0 saturated carbocycles. The van der Waals surface area contributed by atoms with Gasteiger partial charge >= 0.3 is 6.09 Å². The quantitative estimate of drug-likeness (QED) is 0.518. The largest absolute Gasteiger partial charge is 0.412 e. The van der Waals surface area contributed by atoms with Crippen LogP contribution in [0.4, 0.5) is 4.79 Å². The van der Waals surface area contributed by atoms with Gasteiger partial charge in [0.05, 0.1) is 0 Å². The lowest BCUT2D eigenvalue weighted by molar-refractivity contribution is 0.200. The van der Waals surface area contributed by atoms with Crippen LogP contribution in [0.25, 0.3) is 0 Å². The first-order chi connectivity index (χ1) is 12.1. The molecule has 0 radical (unpaired) electrons. The van der Waals surface area contributed by atoms with Crippen LogP contribution in [0.1, 0.15) is 19.4 Å². The third-order valence-corrected chi connectivity index (χ3v) is 4.49. The fourth-order valence-corrected chi connectivity index (χ4v) is 3.00. The molecule has 0 bridgehead atoms. The summed E-state index contributed by atoms with van der Waals surface area (Å²) in [6.45, 7) is 6.53. The van der Waals surface area contributed by atoms with Gasteiger partial charge in [-0.3, -0.25) is 0 Å². The van der Waals surface area contributed by atoms with Crippen molar-refractivity contribution in [3.63, 3.8) is 0 Å². The van der Waals surface area contributed by atoms with Gasteiger partial charge in [0.25, 0.3) is 0 Å². The Balaban J connectivity index is 1.68. The lowest BCUT2D eigenvalue weighted by Gasteiger charge is -2.09. The number of carbonyl (C=O) groups excluding carboxylic acids is 1. The van der Waals surface area contributed by atoms with Gasteiger partial charge in [-0.15, -0.1) is 11.8 Å².